The molecule has 0 saturated heterocycles. The average molecular weight is 359 g/mol. The molecule has 2 fully saturated rings. The van der Waals surface area contributed by atoms with Gasteiger partial charge >= 0.3 is 0 Å². The molecule has 0 heterocycles. The molecular weight excluding hydrogens is 324 g/mol. The van der Waals surface area contributed by atoms with Gasteiger partial charge in [-0.2, -0.15) is 0 Å². The molecule has 1 unspecified atom stereocenters. The van der Waals surface area contributed by atoms with E-state index >= 15 is 0 Å². The molecule has 6 atom stereocenters. The van der Waals surface area contributed by atoms with Gasteiger partial charge in [0, 0.05) is 0 Å². The van der Waals surface area contributed by atoms with E-state index in [1.165, 1.54) is 5.56 Å². The fraction of sp³-hybridized carbons (Fsp3) is 0.739. The van der Waals surface area contributed by atoms with Gasteiger partial charge < -0.3 is 15.3 Å². The first-order chi connectivity index (χ1) is 12.4. The number of unbranched alkanes of at least 4 members (excludes halogenated alkanes) is 2. The molecule has 1 aromatic rings. The van der Waals surface area contributed by atoms with Crippen LogP contribution in [0.25, 0.3) is 0 Å². The molecule has 4 rings (SSSR count). The van der Waals surface area contributed by atoms with Gasteiger partial charge in [0.2, 0.25) is 0 Å². The highest BCUT2D eigenvalue weighted by atomic mass is 16.3. The van der Waals surface area contributed by atoms with Gasteiger partial charge in [-0.15, -0.1) is 0 Å². The Morgan fingerprint density at radius 2 is 1.96 bits per heavy atom. The van der Waals surface area contributed by atoms with Crippen molar-refractivity contribution in [2.75, 3.05) is 0 Å². The van der Waals surface area contributed by atoms with Crippen LogP contribution in [0.15, 0.2) is 18.2 Å². The molecule has 1 aromatic carbocycles. The first kappa shape index (κ1) is 18.3. The third-order valence-corrected chi connectivity index (χ3v) is 8.09. The fourth-order valence-corrected chi connectivity index (χ4v) is 6.61. The third kappa shape index (κ3) is 2.70. The first-order valence-corrected chi connectivity index (χ1v) is 10.6. The molecule has 3 N–H and O–H groups in total. The lowest BCUT2D eigenvalue weighted by Gasteiger charge is -2.53. The average Bonchev–Trinajstić information content (AvgIpc) is 2.91. The summed E-state index contributed by atoms with van der Waals surface area (Å²) in [6.07, 6.45) is 8.78. The molecule has 3 nitrogen and oxygen atoms in total. The number of phenols is 1. The Morgan fingerprint density at radius 1 is 1.15 bits per heavy atom. The Hall–Kier alpha value is -1.06. The summed E-state index contributed by atoms with van der Waals surface area (Å²) in [7, 11) is 0. The SMILES string of the molecule is CCCCCC1(O)C[C@@H]2[C@H](CC[C@]3(C)[C@@H](O)CC[C@@H]23)c2ccc(O)cc21. The van der Waals surface area contributed by atoms with Crippen molar-refractivity contribution in [3.8, 4) is 5.75 Å². The zero-order valence-electron chi connectivity index (χ0n) is 16.2. The molecular formula is C23H34O3. The Labute approximate surface area is 157 Å². The number of hydrogen-bond donors (Lipinski definition) is 3. The van der Waals surface area contributed by atoms with Gasteiger partial charge in [0.1, 0.15) is 5.75 Å². The van der Waals surface area contributed by atoms with Crippen molar-refractivity contribution in [2.24, 2.45) is 17.3 Å². The summed E-state index contributed by atoms with van der Waals surface area (Å²) in [5, 5.41) is 32.4. The Balaban J connectivity index is 1.73. The standard InChI is InChI=1S/C23H34O3/c1-3-4-5-11-23(26)14-18-16(17-7-6-15(24)13-20(17)23)10-12-22(2)19(18)8-9-21(22)25/h6-7,13,16,18-19,21,24-26H,3-5,8-12,14H2,1-2H3/t16-,18-,19+,21+,22+,23?/m1/s1. The minimum Gasteiger partial charge on any atom is -0.508 e. The zero-order valence-corrected chi connectivity index (χ0v) is 16.2. The monoisotopic (exact) mass is 358 g/mol. The Bertz CT molecular complexity index is 671. The fourth-order valence-electron chi connectivity index (χ4n) is 6.61. The van der Waals surface area contributed by atoms with Gasteiger partial charge in [-0.1, -0.05) is 39.2 Å². The summed E-state index contributed by atoms with van der Waals surface area (Å²) in [5.74, 6) is 1.65. The number of rotatable bonds is 4. The molecule has 0 aliphatic heterocycles. The van der Waals surface area contributed by atoms with Crippen molar-refractivity contribution < 1.29 is 15.3 Å². The lowest BCUT2D eigenvalue weighted by atomic mass is 9.53. The molecule has 0 amide bonds. The summed E-state index contributed by atoms with van der Waals surface area (Å²) in [6.45, 7) is 4.46. The maximum absolute atomic E-state index is 11.7. The highest BCUT2D eigenvalue weighted by Gasteiger charge is 2.57. The summed E-state index contributed by atoms with van der Waals surface area (Å²) in [5.41, 5.74) is 1.40. The van der Waals surface area contributed by atoms with Crippen LogP contribution in [0.3, 0.4) is 0 Å². The van der Waals surface area contributed by atoms with E-state index in [2.05, 4.69) is 19.9 Å². The summed E-state index contributed by atoms with van der Waals surface area (Å²) in [4.78, 5) is 0. The second-order valence-electron chi connectivity index (χ2n) is 9.48. The van der Waals surface area contributed by atoms with Crippen LogP contribution in [0, 0.1) is 17.3 Å². The number of aromatic hydroxyl groups is 1. The van der Waals surface area contributed by atoms with Crippen LogP contribution < -0.4 is 0 Å². The normalized spacial score (nSPS) is 41.4. The number of fused-ring (bicyclic) bond motifs is 5. The van der Waals surface area contributed by atoms with Gasteiger partial charge in [-0.25, -0.2) is 0 Å². The highest BCUT2D eigenvalue weighted by Crippen LogP contribution is 2.63. The number of benzene rings is 1. The van der Waals surface area contributed by atoms with Crippen molar-refractivity contribution in [1.29, 1.82) is 0 Å². The van der Waals surface area contributed by atoms with Gasteiger partial charge in [-0.05, 0) is 85.0 Å². The maximum Gasteiger partial charge on any atom is 0.115 e. The van der Waals surface area contributed by atoms with Crippen molar-refractivity contribution in [1.82, 2.24) is 0 Å². The van der Waals surface area contributed by atoms with E-state index in [0.717, 1.165) is 63.4 Å². The number of aliphatic hydroxyl groups excluding tert-OH is 1. The summed E-state index contributed by atoms with van der Waals surface area (Å²) >= 11 is 0. The number of phenolic OH excluding ortho intramolecular Hbond substituents is 1. The molecule has 2 saturated carbocycles. The molecule has 26 heavy (non-hydrogen) atoms. The minimum atomic E-state index is -0.837. The Morgan fingerprint density at radius 3 is 2.73 bits per heavy atom. The predicted molar refractivity (Wildman–Crippen MR) is 103 cm³/mol. The van der Waals surface area contributed by atoms with E-state index in [4.69, 9.17) is 0 Å². The lowest BCUT2D eigenvalue weighted by molar-refractivity contribution is -0.0735. The van der Waals surface area contributed by atoms with Crippen molar-refractivity contribution in [3.05, 3.63) is 29.3 Å². The van der Waals surface area contributed by atoms with Crippen LogP contribution in [-0.2, 0) is 5.60 Å². The largest absolute Gasteiger partial charge is 0.508 e. The molecule has 0 spiro atoms. The summed E-state index contributed by atoms with van der Waals surface area (Å²) in [6, 6.07) is 5.65. The van der Waals surface area contributed by atoms with E-state index in [-0.39, 0.29) is 17.3 Å². The number of hydrogen-bond acceptors (Lipinski definition) is 3. The molecule has 144 valence electrons. The zero-order chi connectivity index (χ0) is 18.5. The van der Waals surface area contributed by atoms with E-state index in [9.17, 15) is 15.3 Å². The van der Waals surface area contributed by atoms with Crippen LogP contribution in [-0.4, -0.2) is 21.4 Å². The molecule has 3 aliphatic rings. The summed E-state index contributed by atoms with van der Waals surface area (Å²) < 4.78 is 0. The molecule has 3 aliphatic carbocycles. The third-order valence-electron chi connectivity index (χ3n) is 8.09. The van der Waals surface area contributed by atoms with Crippen LogP contribution in [0.4, 0.5) is 0 Å². The molecule has 0 aromatic heterocycles. The van der Waals surface area contributed by atoms with E-state index in [1.807, 2.05) is 6.07 Å². The van der Waals surface area contributed by atoms with Crippen LogP contribution in [0.1, 0.15) is 88.7 Å². The topological polar surface area (TPSA) is 60.7 Å². The second-order valence-corrected chi connectivity index (χ2v) is 9.48. The van der Waals surface area contributed by atoms with Crippen LogP contribution >= 0.6 is 0 Å². The van der Waals surface area contributed by atoms with E-state index in [1.54, 1.807) is 6.07 Å². The second kappa shape index (κ2) is 6.53. The number of aliphatic hydroxyl groups is 2. The van der Waals surface area contributed by atoms with Crippen LogP contribution in [0.2, 0.25) is 0 Å². The lowest BCUT2D eigenvalue weighted by Crippen LogP contribution is -2.48. The Kier molecular flexibility index (Phi) is 4.60. The van der Waals surface area contributed by atoms with Crippen molar-refractivity contribution in [2.45, 2.75) is 89.3 Å². The smallest absolute Gasteiger partial charge is 0.115 e. The van der Waals surface area contributed by atoms with E-state index < -0.39 is 5.60 Å². The molecule has 0 bridgehead atoms. The van der Waals surface area contributed by atoms with Crippen molar-refractivity contribution >= 4 is 0 Å². The molecule has 0 radical (unpaired) electrons. The first-order valence-electron chi connectivity index (χ1n) is 10.6. The van der Waals surface area contributed by atoms with Gasteiger partial charge in [0.15, 0.2) is 0 Å². The van der Waals surface area contributed by atoms with Gasteiger partial charge in [0.05, 0.1) is 11.7 Å². The molecule has 3 heteroatoms. The van der Waals surface area contributed by atoms with E-state index in [0.29, 0.717) is 17.8 Å². The van der Waals surface area contributed by atoms with Crippen molar-refractivity contribution in [3.63, 3.8) is 0 Å². The minimum absolute atomic E-state index is 0.0138. The quantitative estimate of drug-likeness (QED) is 0.675. The van der Waals surface area contributed by atoms with Gasteiger partial charge in [-0.3, -0.25) is 0 Å². The van der Waals surface area contributed by atoms with Crippen LogP contribution in [0.5, 0.6) is 5.75 Å². The highest BCUT2D eigenvalue weighted by molar-refractivity contribution is 5.44. The predicted octanol–water partition coefficient (Wildman–Crippen LogP) is 4.83. The van der Waals surface area contributed by atoms with Gasteiger partial charge in [0.25, 0.3) is 0 Å². The maximum atomic E-state index is 11.7.